The Morgan fingerprint density at radius 2 is 1.90 bits per heavy atom. The maximum absolute atomic E-state index is 12.4. The molecule has 1 amide bonds. The lowest BCUT2D eigenvalue weighted by Crippen LogP contribution is -2.19. The van der Waals surface area contributed by atoms with Crippen LogP contribution in [0.5, 0.6) is 5.75 Å². The molecule has 146 valence electrons. The summed E-state index contributed by atoms with van der Waals surface area (Å²) in [5.41, 5.74) is 5.12. The molecule has 1 fully saturated rings. The number of amides is 1. The highest BCUT2D eigenvalue weighted by molar-refractivity contribution is 8.18. The average Bonchev–Trinajstić information content (AvgIpc) is 3.31. The quantitative estimate of drug-likeness (QED) is 0.624. The SMILES string of the molecule is COc1ccc(-n2ccc(/C=C3/SC(=Nc4ccc(C)cc4C)NC3=O)c2)cc1. The molecule has 0 saturated carbocycles. The van der Waals surface area contributed by atoms with Crippen LogP contribution in [0.4, 0.5) is 5.69 Å². The van der Waals surface area contributed by atoms with Crippen LogP contribution in [-0.4, -0.2) is 22.8 Å². The Labute approximate surface area is 174 Å². The Bertz CT molecular complexity index is 1130. The van der Waals surface area contributed by atoms with Crippen LogP contribution in [0.2, 0.25) is 0 Å². The molecular formula is C23H21N3O2S. The second-order valence-corrected chi connectivity index (χ2v) is 7.85. The molecule has 0 unspecified atom stereocenters. The largest absolute Gasteiger partial charge is 0.497 e. The van der Waals surface area contributed by atoms with Crippen molar-refractivity contribution >= 4 is 34.6 Å². The van der Waals surface area contributed by atoms with E-state index in [0.717, 1.165) is 28.3 Å². The first-order valence-corrected chi connectivity index (χ1v) is 10.0. The molecule has 3 aromatic rings. The van der Waals surface area contributed by atoms with Crippen LogP contribution in [0.25, 0.3) is 11.8 Å². The van der Waals surface area contributed by atoms with Crippen LogP contribution in [0, 0.1) is 13.8 Å². The van der Waals surface area contributed by atoms with E-state index in [2.05, 4.69) is 23.3 Å². The van der Waals surface area contributed by atoms with Crippen molar-refractivity contribution in [2.75, 3.05) is 7.11 Å². The fourth-order valence-electron chi connectivity index (χ4n) is 3.09. The fraction of sp³-hybridized carbons (Fsp3) is 0.130. The molecule has 1 saturated heterocycles. The third-order valence-electron chi connectivity index (χ3n) is 4.61. The summed E-state index contributed by atoms with van der Waals surface area (Å²) in [6, 6.07) is 15.9. The topological polar surface area (TPSA) is 55.6 Å². The highest BCUT2D eigenvalue weighted by Crippen LogP contribution is 2.29. The molecule has 1 aliphatic rings. The van der Waals surface area contributed by atoms with Gasteiger partial charge in [-0.15, -0.1) is 0 Å². The summed E-state index contributed by atoms with van der Waals surface area (Å²) < 4.78 is 7.21. The lowest BCUT2D eigenvalue weighted by molar-refractivity contribution is -0.115. The Kier molecular flexibility index (Phi) is 5.27. The van der Waals surface area contributed by atoms with Crippen molar-refractivity contribution in [3.05, 3.63) is 82.5 Å². The summed E-state index contributed by atoms with van der Waals surface area (Å²) in [6.45, 7) is 4.07. The maximum atomic E-state index is 12.4. The summed E-state index contributed by atoms with van der Waals surface area (Å²) in [5, 5.41) is 3.45. The number of thioether (sulfide) groups is 1. The molecule has 6 heteroatoms. The van der Waals surface area contributed by atoms with Gasteiger partial charge < -0.3 is 14.6 Å². The Morgan fingerprint density at radius 1 is 1.10 bits per heavy atom. The molecule has 2 heterocycles. The van der Waals surface area contributed by atoms with Crippen molar-refractivity contribution in [3.8, 4) is 11.4 Å². The van der Waals surface area contributed by atoms with Gasteiger partial charge in [-0.1, -0.05) is 17.7 Å². The van der Waals surface area contributed by atoms with Crippen LogP contribution in [-0.2, 0) is 4.79 Å². The molecule has 0 radical (unpaired) electrons. The summed E-state index contributed by atoms with van der Waals surface area (Å²) in [5.74, 6) is 0.689. The van der Waals surface area contributed by atoms with Gasteiger partial charge in [0.15, 0.2) is 5.17 Å². The van der Waals surface area contributed by atoms with E-state index >= 15 is 0 Å². The summed E-state index contributed by atoms with van der Waals surface area (Å²) >= 11 is 1.36. The van der Waals surface area contributed by atoms with E-state index in [1.54, 1.807) is 7.11 Å². The number of amidine groups is 1. The van der Waals surface area contributed by atoms with E-state index in [-0.39, 0.29) is 5.91 Å². The number of ether oxygens (including phenoxy) is 1. The van der Waals surface area contributed by atoms with Crippen LogP contribution in [0.1, 0.15) is 16.7 Å². The number of aromatic nitrogens is 1. The van der Waals surface area contributed by atoms with Gasteiger partial charge in [-0.05, 0) is 79.2 Å². The van der Waals surface area contributed by atoms with E-state index in [0.29, 0.717) is 10.1 Å². The number of carbonyl (C=O) groups is 1. The molecule has 4 rings (SSSR count). The highest BCUT2D eigenvalue weighted by atomic mass is 32.2. The van der Waals surface area contributed by atoms with Gasteiger partial charge in [-0.3, -0.25) is 4.79 Å². The number of hydrogen-bond donors (Lipinski definition) is 1. The molecule has 2 aromatic carbocycles. The van der Waals surface area contributed by atoms with Crippen molar-refractivity contribution in [2.24, 2.45) is 4.99 Å². The number of benzene rings is 2. The molecule has 5 nitrogen and oxygen atoms in total. The van der Waals surface area contributed by atoms with Crippen molar-refractivity contribution in [1.82, 2.24) is 9.88 Å². The summed E-state index contributed by atoms with van der Waals surface area (Å²) in [4.78, 5) is 17.6. The number of hydrogen-bond acceptors (Lipinski definition) is 4. The van der Waals surface area contributed by atoms with Crippen LogP contribution in [0.15, 0.2) is 70.8 Å². The van der Waals surface area contributed by atoms with Gasteiger partial charge >= 0.3 is 0 Å². The smallest absolute Gasteiger partial charge is 0.264 e. The fourth-order valence-corrected chi connectivity index (χ4v) is 3.92. The van der Waals surface area contributed by atoms with E-state index in [9.17, 15) is 4.79 Å². The van der Waals surface area contributed by atoms with Crippen LogP contribution >= 0.6 is 11.8 Å². The van der Waals surface area contributed by atoms with E-state index in [4.69, 9.17) is 4.74 Å². The van der Waals surface area contributed by atoms with Crippen molar-refractivity contribution in [3.63, 3.8) is 0 Å². The van der Waals surface area contributed by atoms with Gasteiger partial charge in [0.2, 0.25) is 0 Å². The number of nitrogens with one attached hydrogen (secondary N) is 1. The highest BCUT2D eigenvalue weighted by Gasteiger charge is 2.24. The van der Waals surface area contributed by atoms with Gasteiger partial charge in [0.25, 0.3) is 5.91 Å². The van der Waals surface area contributed by atoms with Crippen molar-refractivity contribution in [2.45, 2.75) is 13.8 Å². The van der Waals surface area contributed by atoms with Crippen molar-refractivity contribution < 1.29 is 9.53 Å². The third kappa shape index (κ3) is 4.27. The predicted molar refractivity (Wildman–Crippen MR) is 119 cm³/mol. The number of carbonyl (C=O) groups excluding carboxylic acids is 1. The van der Waals surface area contributed by atoms with Crippen LogP contribution < -0.4 is 10.1 Å². The molecule has 1 N–H and O–H groups in total. The molecule has 0 bridgehead atoms. The number of rotatable bonds is 4. The number of aliphatic imine (C=N–C) groups is 1. The zero-order valence-corrected chi connectivity index (χ0v) is 17.3. The standard InChI is InChI=1S/C23H21N3O2S/c1-15-4-9-20(16(2)12-15)24-23-25-22(27)21(29-23)13-17-10-11-26(14-17)18-5-7-19(28-3)8-6-18/h4-14H,1-3H3,(H,24,25,27)/b21-13+. The first-order chi connectivity index (χ1) is 14.0. The Hall–Kier alpha value is -3.25. The van der Waals surface area contributed by atoms with Gasteiger partial charge in [0.1, 0.15) is 5.75 Å². The van der Waals surface area contributed by atoms with Gasteiger partial charge in [0.05, 0.1) is 17.7 Å². The molecule has 1 aromatic heterocycles. The minimum atomic E-state index is -0.129. The molecule has 29 heavy (non-hydrogen) atoms. The van der Waals surface area contributed by atoms with Gasteiger partial charge in [-0.2, -0.15) is 0 Å². The predicted octanol–water partition coefficient (Wildman–Crippen LogP) is 4.99. The first-order valence-electron chi connectivity index (χ1n) is 9.21. The van der Waals surface area contributed by atoms with Gasteiger partial charge in [0, 0.05) is 18.1 Å². The number of methoxy groups -OCH3 is 1. The Morgan fingerprint density at radius 3 is 2.62 bits per heavy atom. The molecule has 0 atom stereocenters. The van der Waals surface area contributed by atoms with Crippen molar-refractivity contribution in [1.29, 1.82) is 0 Å². The molecule has 0 spiro atoms. The first kappa shape index (κ1) is 19.1. The minimum Gasteiger partial charge on any atom is -0.497 e. The zero-order valence-electron chi connectivity index (χ0n) is 16.5. The molecular weight excluding hydrogens is 382 g/mol. The number of aryl methyl sites for hydroxylation is 2. The van der Waals surface area contributed by atoms with E-state index < -0.39 is 0 Å². The van der Waals surface area contributed by atoms with Crippen LogP contribution in [0.3, 0.4) is 0 Å². The summed E-state index contributed by atoms with van der Waals surface area (Å²) in [6.07, 6.45) is 5.84. The summed E-state index contributed by atoms with van der Waals surface area (Å²) in [7, 11) is 1.65. The minimum absolute atomic E-state index is 0.129. The Balaban J connectivity index is 1.53. The second-order valence-electron chi connectivity index (χ2n) is 6.82. The lowest BCUT2D eigenvalue weighted by atomic mass is 10.1. The lowest BCUT2D eigenvalue weighted by Gasteiger charge is -2.04. The van der Waals surface area contributed by atoms with E-state index in [1.807, 2.05) is 72.4 Å². The second kappa shape index (κ2) is 8.01. The zero-order chi connectivity index (χ0) is 20.4. The third-order valence-corrected chi connectivity index (χ3v) is 5.52. The van der Waals surface area contributed by atoms with Gasteiger partial charge in [-0.25, -0.2) is 4.99 Å². The number of nitrogens with zero attached hydrogens (tertiary/aromatic N) is 2. The monoisotopic (exact) mass is 403 g/mol. The average molecular weight is 404 g/mol. The molecule has 1 aliphatic heterocycles. The normalized spacial score (nSPS) is 16.4. The van der Waals surface area contributed by atoms with E-state index in [1.165, 1.54) is 17.3 Å². The molecule has 0 aliphatic carbocycles. The maximum Gasteiger partial charge on any atom is 0.264 e.